The molecule has 2 aliphatic rings. The Morgan fingerprint density at radius 1 is 1.44 bits per heavy atom. The summed E-state index contributed by atoms with van der Waals surface area (Å²) in [5.41, 5.74) is 0. The van der Waals surface area contributed by atoms with Gasteiger partial charge in [-0.05, 0) is 31.6 Å². The minimum absolute atomic E-state index is 0.0512. The number of carboxylic acid groups (broad SMARTS) is 1. The molecule has 0 amide bonds. The van der Waals surface area contributed by atoms with Crippen LogP contribution in [-0.4, -0.2) is 31.6 Å². The fraction of sp³-hybridized carbons (Fsp3) is 0.750. The van der Waals surface area contributed by atoms with Crippen LogP contribution in [0.25, 0.3) is 0 Å². The van der Waals surface area contributed by atoms with Gasteiger partial charge in [-0.3, -0.25) is 4.79 Å². The zero-order chi connectivity index (χ0) is 12.7. The predicted molar refractivity (Wildman–Crippen MR) is 67.6 cm³/mol. The second-order valence-corrected chi connectivity index (χ2v) is 5.99. The lowest BCUT2D eigenvalue weighted by atomic mass is 10.1. The van der Waals surface area contributed by atoms with Gasteiger partial charge in [0.1, 0.15) is 5.82 Å². The number of fused-ring (bicyclic) bond motifs is 1. The highest BCUT2D eigenvalue weighted by Crippen LogP contribution is 2.62. The Morgan fingerprint density at radius 2 is 2.17 bits per heavy atom. The van der Waals surface area contributed by atoms with Gasteiger partial charge in [0.25, 0.3) is 0 Å². The van der Waals surface area contributed by atoms with E-state index in [1.807, 2.05) is 0 Å². The molecule has 1 aromatic heterocycles. The number of nitrogens with zero attached hydrogens (tertiary/aromatic N) is 3. The molecule has 1 N–H and O–H groups in total. The number of rotatable bonds is 5. The van der Waals surface area contributed by atoms with Crippen LogP contribution >= 0.6 is 11.8 Å². The van der Waals surface area contributed by atoms with Gasteiger partial charge in [0, 0.05) is 12.5 Å². The molecule has 2 atom stereocenters. The van der Waals surface area contributed by atoms with Crippen molar-refractivity contribution < 1.29 is 9.90 Å². The molecule has 5 nitrogen and oxygen atoms in total. The Morgan fingerprint density at radius 3 is 2.78 bits per heavy atom. The highest BCUT2D eigenvalue weighted by molar-refractivity contribution is 7.99. The number of aliphatic carboxylic acids is 1. The van der Waals surface area contributed by atoms with Crippen molar-refractivity contribution in [2.45, 2.75) is 43.8 Å². The zero-order valence-corrected chi connectivity index (χ0v) is 11.2. The first-order chi connectivity index (χ1) is 8.72. The molecule has 98 valence electrons. The number of hydrogen-bond acceptors (Lipinski definition) is 4. The summed E-state index contributed by atoms with van der Waals surface area (Å²) < 4.78 is 2.09. The van der Waals surface area contributed by atoms with Crippen LogP contribution in [0, 0.1) is 11.8 Å². The fourth-order valence-electron chi connectivity index (χ4n) is 3.28. The topological polar surface area (TPSA) is 68.0 Å². The molecule has 0 spiro atoms. The van der Waals surface area contributed by atoms with Gasteiger partial charge in [-0.15, -0.1) is 10.2 Å². The van der Waals surface area contributed by atoms with Crippen LogP contribution in [0.3, 0.4) is 0 Å². The smallest absolute Gasteiger partial charge is 0.313 e. The second kappa shape index (κ2) is 4.57. The van der Waals surface area contributed by atoms with Crippen molar-refractivity contribution in [3.63, 3.8) is 0 Å². The molecule has 2 unspecified atom stereocenters. The number of hydrogen-bond donors (Lipinski definition) is 1. The predicted octanol–water partition coefficient (Wildman–Crippen LogP) is 1.99. The van der Waals surface area contributed by atoms with Gasteiger partial charge in [0.05, 0.1) is 5.75 Å². The molecule has 0 bridgehead atoms. The average molecular weight is 267 g/mol. The molecule has 2 saturated carbocycles. The molecular formula is C12H17N3O2S. The van der Waals surface area contributed by atoms with Crippen LogP contribution in [-0.2, 0) is 11.3 Å². The summed E-state index contributed by atoms with van der Waals surface area (Å²) >= 11 is 1.26. The summed E-state index contributed by atoms with van der Waals surface area (Å²) in [7, 11) is 0. The first kappa shape index (κ1) is 12.0. The number of thioether (sulfide) groups is 1. The lowest BCUT2D eigenvalue weighted by molar-refractivity contribution is -0.133. The molecule has 3 rings (SSSR count). The fourth-order valence-corrected chi connectivity index (χ4v) is 4.01. The highest BCUT2D eigenvalue weighted by Gasteiger charge is 2.55. The third-order valence-electron chi connectivity index (χ3n) is 4.09. The Balaban J connectivity index is 1.77. The quantitative estimate of drug-likeness (QED) is 0.826. The van der Waals surface area contributed by atoms with Gasteiger partial charge in [-0.1, -0.05) is 18.2 Å². The lowest BCUT2D eigenvalue weighted by Gasteiger charge is -2.07. The van der Waals surface area contributed by atoms with Crippen LogP contribution in [0.15, 0.2) is 5.16 Å². The van der Waals surface area contributed by atoms with Gasteiger partial charge in [0.2, 0.25) is 0 Å². The summed E-state index contributed by atoms with van der Waals surface area (Å²) in [4.78, 5) is 10.6. The highest BCUT2D eigenvalue weighted by atomic mass is 32.2. The van der Waals surface area contributed by atoms with E-state index in [1.54, 1.807) is 0 Å². The van der Waals surface area contributed by atoms with Gasteiger partial charge in [-0.2, -0.15) is 0 Å². The maximum absolute atomic E-state index is 10.6. The molecule has 2 fully saturated rings. The summed E-state index contributed by atoms with van der Waals surface area (Å²) in [5.74, 6) is 2.55. The van der Waals surface area contributed by atoms with Crippen LogP contribution in [0.2, 0.25) is 0 Å². The molecule has 0 aromatic carbocycles. The van der Waals surface area contributed by atoms with Gasteiger partial charge < -0.3 is 9.67 Å². The van der Waals surface area contributed by atoms with E-state index in [2.05, 4.69) is 21.7 Å². The van der Waals surface area contributed by atoms with Gasteiger partial charge in [0.15, 0.2) is 5.16 Å². The van der Waals surface area contributed by atoms with E-state index in [0.717, 1.165) is 29.4 Å². The third-order valence-corrected chi connectivity index (χ3v) is 5.04. The van der Waals surface area contributed by atoms with Gasteiger partial charge in [-0.25, -0.2) is 0 Å². The largest absolute Gasteiger partial charge is 0.481 e. The normalized spacial score (nSPS) is 29.3. The van der Waals surface area contributed by atoms with Crippen LogP contribution in [0.1, 0.15) is 37.9 Å². The van der Waals surface area contributed by atoms with Crippen molar-refractivity contribution in [2.75, 3.05) is 5.75 Å². The van der Waals surface area contributed by atoms with Crippen molar-refractivity contribution in [3.05, 3.63) is 5.82 Å². The zero-order valence-electron chi connectivity index (χ0n) is 10.4. The SMILES string of the molecule is CCn1c(SCC(=O)O)nnc1C1C2CCCC21. The van der Waals surface area contributed by atoms with E-state index in [1.165, 1.54) is 31.0 Å². The van der Waals surface area contributed by atoms with Crippen LogP contribution < -0.4 is 0 Å². The van der Waals surface area contributed by atoms with E-state index in [9.17, 15) is 4.79 Å². The Labute approximate surface area is 110 Å². The molecule has 18 heavy (non-hydrogen) atoms. The van der Waals surface area contributed by atoms with Crippen molar-refractivity contribution in [2.24, 2.45) is 11.8 Å². The van der Waals surface area contributed by atoms with Crippen molar-refractivity contribution >= 4 is 17.7 Å². The summed E-state index contributed by atoms with van der Waals surface area (Å²) in [6.45, 7) is 2.88. The molecule has 0 radical (unpaired) electrons. The first-order valence-corrected chi connectivity index (χ1v) is 7.48. The number of carboxylic acids is 1. The molecule has 0 saturated heterocycles. The Bertz CT molecular complexity index is 464. The Kier molecular flexibility index (Phi) is 3.05. The van der Waals surface area contributed by atoms with E-state index in [-0.39, 0.29) is 5.75 Å². The number of aromatic nitrogens is 3. The minimum Gasteiger partial charge on any atom is -0.481 e. The average Bonchev–Trinajstić information content (AvgIpc) is 2.77. The summed E-state index contributed by atoms with van der Waals surface area (Å²) in [6.07, 6.45) is 4.00. The van der Waals surface area contributed by atoms with E-state index in [0.29, 0.717) is 5.92 Å². The van der Waals surface area contributed by atoms with Crippen molar-refractivity contribution in [1.82, 2.24) is 14.8 Å². The van der Waals surface area contributed by atoms with Crippen molar-refractivity contribution in [1.29, 1.82) is 0 Å². The monoisotopic (exact) mass is 267 g/mol. The van der Waals surface area contributed by atoms with Crippen LogP contribution in [0.4, 0.5) is 0 Å². The van der Waals surface area contributed by atoms with E-state index < -0.39 is 5.97 Å². The maximum atomic E-state index is 10.6. The maximum Gasteiger partial charge on any atom is 0.313 e. The lowest BCUT2D eigenvalue weighted by Crippen LogP contribution is -2.06. The molecule has 6 heteroatoms. The van der Waals surface area contributed by atoms with Crippen LogP contribution in [0.5, 0.6) is 0 Å². The standard InChI is InChI=1S/C12H17N3O2S/c1-2-15-11(10-7-4-3-5-8(7)10)13-14-12(15)18-6-9(16)17/h7-8,10H,2-6H2,1H3,(H,16,17). The summed E-state index contributed by atoms with van der Waals surface area (Å²) in [6, 6.07) is 0. The Hall–Kier alpha value is -1.04. The first-order valence-electron chi connectivity index (χ1n) is 6.50. The molecular weight excluding hydrogens is 250 g/mol. The van der Waals surface area contributed by atoms with Crippen molar-refractivity contribution in [3.8, 4) is 0 Å². The molecule has 1 heterocycles. The molecule has 0 aliphatic heterocycles. The number of carbonyl (C=O) groups is 1. The van der Waals surface area contributed by atoms with E-state index >= 15 is 0 Å². The minimum atomic E-state index is -0.810. The van der Waals surface area contributed by atoms with Gasteiger partial charge >= 0.3 is 5.97 Å². The second-order valence-electron chi connectivity index (χ2n) is 5.05. The summed E-state index contributed by atoms with van der Waals surface area (Å²) in [5, 5.41) is 17.9. The third kappa shape index (κ3) is 1.92. The molecule has 2 aliphatic carbocycles. The van der Waals surface area contributed by atoms with E-state index in [4.69, 9.17) is 5.11 Å². The molecule has 1 aromatic rings.